The first kappa shape index (κ1) is 19.1. The third-order valence-electron chi connectivity index (χ3n) is 4.25. The second kappa shape index (κ2) is 8.84. The van der Waals surface area contributed by atoms with Crippen LogP contribution in [0.2, 0.25) is 5.02 Å². The molecule has 2 N–H and O–H groups in total. The summed E-state index contributed by atoms with van der Waals surface area (Å²) in [6, 6.07) is 17.9. The fourth-order valence-electron chi connectivity index (χ4n) is 2.81. The van der Waals surface area contributed by atoms with E-state index >= 15 is 0 Å². The minimum atomic E-state index is 0.452. The number of aromatic nitrogens is 1. The molecule has 0 aliphatic carbocycles. The van der Waals surface area contributed by atoms with Gasteiger partial charge in [0.1, 0.15) is 0 Å². The standard InChI is InChI=1S/C21H21ClN4S/c1-15-7-5-8-16(2)20(15)24-21(27)25-23-13-18-10-6-12-26(18)14-17-9-3-4-11-19(17)22/h3-13H,14H2,1-2H3,(H2,24,25,27). The summed E-state index contributed by atoms with van der Waals surface area (Å²) in [4.78, 5) is 0. The van der Waals surface area contributed by atoms with E-state index in [4.69, 9.17) is 23.8 Å². The van der Waals surface area contributed by atoms with Crippen molar-refractivity contribution in [2.24, 2.45) is 5.10 Å². The van der Waals surface area contributed by atoms with Gasteiger partial charge in [0, 0.05) is 23.5 Å². The quantitative estimate of drug-likeness (QED) is 0.357. The highest BCUT2D eigenvalue weighted by molar-refractivity contribution is 7.80. The third kappa shape index (κ3) is 4.96. The van der Waals surface area contributed by atoms with Gasteiger partial charge in [0.2, 0.25) is 0 Å². The van der Waals surface area contributed by atoms with Crippen LogP contribution in [0.3, 0.4) is 0 Å². The first-order valence-corrected chi connectivity index (χ1v) is 9.38. The SMILES string of the molecule is Cc1cccc(C)c1NC(=S)NN=Cc1cccn1Cc1ccccc1Cl. The van der Waals surface area contributed by atoms with Crippen molar-refractivity contribution in [2.45, 2.75) is 20.4 Å². The highest BCUT2D eigenvalue weighted by Gasteiger charge is 2.05. The zero-order valence-electron chi connectivity index (χ0n) is 15.2. The summed E-state index contributed by atoms with van der Waals surface area (Å²) >= 11 is 11.6. The number of hydrogen-bond acceptors (Lipinski definition) is 2. The van der Waals surface area contributed by atoms with Crippen LogP contribution >= 0.6 is 23.8 Å². The maximum Gasteiger partial charge on any atom is 0.191 e. The van der Waals surface area contributed by atoms with Crippen molar-refractivity contribution in [1.82, 2.24) is 9.99 Å². The second-order valence-corrected chi connectivity index (χ2v) is 7.06. The molecule has 6 heteroatoms. The molecule has 0 aliphatic heterocycles. The number of hydrogen-bond donors (Lipinski definition) is 2. The van der Waals surface area contributed by atoms with E-state index in [2.05, 4.69) is 20.4 Å². The number of hydrazone groups is 1. The molecule has 0 atom stereocenters. The number of benzene rings is 2. The highest BCUT2D eigenvalue weighted by atomic mass is 35.5. The Labute approximate surface area is 169 Å². The van der Waals surface area contributed by atoms with Gasteiger partial charge >= 0.3 is 0 Å². The second-order valence-electron chi connectivity index (χ2n) is 6.24. The molecule has 2 aromatic carbocycles. The van der Waals surface area contributed by atoms with Gasteiger partial charge in [-0.3, -0.25) is 5.43 Å². The fourth-order valence-corrected chi connectivity index (χ4v) is 3.16. The molecular weight excluding hydrogens is 376 g/mol. The van der Waals surface area contributed by atoms with E-state index in [0.717, 1.165) is 33.1 Å². The van der Waals surface area contributed by atoms with Crippen LogP contribution in [0.25, 0.3) is 0 Å². The summed E-state index contributed by atoms with van der Waals surface area (Å²) in [7, 11) is 0. The van der Waals surface area contributed by atoms with Gasteiger partial charge in [0.25, 0.3) is 0 Å². The molecule has 0 unspecified atom stereocenters. The number of nitrogens with zero attached hydrogens (tertiary/aromatic N) is 2. The molecule has 3 rings (SSSR count). The number of halogens is 1. The van der Waals surface area contributed by atoms with Gasteiger partial charge in [0.15, 0.2) is 5.11 Å². The average molecular weight is 397 g/mol. The molecule has 0 aliphatic rings. The van der Waals surface area contributed by atoms with E-state index in [1.807, 2.05) is 74.6 Å². The molecule has 0 fully saturated rings. The van der Waals surface area contributed by atoms with Gasteiger partial charge in [0.05, 0.1) is 11.9 Å². The lowest BCUT2D eigenvalue weighted by molar-refractivity contribution is 0.799. The fraction of sp³-hybridized carbons (Fsp3) is 0.143. The number of thiocarbonyl (C=S) groups is 1. The minimum Gasteiger partial charge on any atom is -0.342 e. The zero-order valence-corrected chi connectivity index (χ0v) is 16.8. The van der Waals surface area contributed by atoms with E-state index in [-0.39, 0.29) is 0 Å². The van der Waals surface area contributed by atoms with Crippen LogP contribution < -0.4 is 10.7 Å². The number of aryl methyl sites for hydroxylation is 2. The van der Waals surface area contributed by atoms with Crippen molar-refractivity contribution in [3.63, 3.8) is 0 Å². The molecule has 1 aromatic heterocycles. The number of nitrogens with one attached hydrogen (secondary N) is 2. The van der Waals surface area contributed by atoms with Gasteiger partial charge in [-0.15, -0.1) is 0 Å². The number of anilines is 1. The van der Waals surface area contributed by atoms with Crippen molar-refractivity contribution in [1.29, 1.82) is 0 Å². The largest absolute Gasteiger partial charge is 0.342 e. The highest BCUT2D eigenvalue weighted by Crippen LogP contribution is 2.19. The average Bonchev–Trinajstić information content (AvgIpc) is 3.07. The zero-order chi connectivity index (χ0) is 19.2. The van der Waals surface area contributed by atoms with Crippen LogP contribution in [-0.4, -0.2) is 15.9 Å². The summed E-state index contributed by atoms with van der Waals surface area (Å²) in [6.45, 7) is 4.77. The Bertz CT molecular complexity index is 958. The molecule has 3 aromatic rings. The molecule has 0 saturated carbocycles. The van der Waals surface area contributed by atoms with Crippen molar-refractivity contribution >= 4 is 40.8 Å². The Morgan fingerprint density at radius 2 is 1.81 bits per heavy atom. The molecule has 0 saturated heterocycles. The van der Waals surface area contributed by atoms with Crippen LogP contribution in [0.1, 0.15) is 22.4 Å². The van der Waals surface area contributed by atoms with Crippen LogP contribution in [0.5, 0.6) is 0 Å². The van der Waals surface area contributed by atoms with Crippen LogP contribution in [0.4, 0.5) is 5.69 Å². The van der Waals surface area contributed by atoms with Crippen molar-refractivity contribution < 1.29 is 0 Å². The van der Waals surface area contributed by atoms with Gasteiger partial charge in [-0.2, -0.15) is 5.10 Å². The lowest BCUT2D eigenvalue weighted by Crippen LogP contribution is -2.24. The van der Waals surface area contributed by atoms with E-state index in [1.165, 1.54) is 0 Å². The third-order valence-corrected chi connectivity index (χ3v) is 4.81. The minimum absolute atomic E-state index is 0.452. The smallest absolute Gasteiger partial charge is 0.191 e. The van der Waals surface area contributed by atoms with Crippen molar-refractivity contribution in [2.75, 3.05) is 5.32 Å². The Kier molecular flexibility index (Phi) is 6.27. The molecule has 27 heavy (non-hydrogen) atoms. The van der Waals surface area contributed by atoms with E-state index in [1.54, 1.807) is 6.21 Å². The molecule has 4 nitrogen and oxygen atoms in total. The topological polar surface area (TPSA) is 41.4 Å². The van der Waals surface area contributed by atoms with E-state index < -0.39 is 0 Å². The Morgan fingerprint density at radius 3 is 2.56 bits per heavy atom. The number of para-hydroxylation sites is 1. The summed E-state index contributed by atoms with van der Waals surface area (Å²) < 4.78 is 2.08. The van der Waals surface area contributed by atoms with Crippen LogP contribution in [0, 0.1) is 13.8 Å². The van der Waals surface area contributed by atoms with Gasteiger partial charge < -0.3 is 9.88 Å². The monoisotopic (exact) mass is 396 g/mol. The molecule has 1 heterocycles. The first-order valence-electron chi connectivity index (χ1n) is 8.59. The lowest BCUT2D eigenvalue weighted by Gasteiger charge is -2.12. The number of rotatable bonds is 5. The predicted octanol–water partition coefficient (Wildman–Crippen LogP) is 5.13. The van der Waals surface area contributed by atoms with Gasteiger partial charge in [-0.05, 0) is 61.0 Å². The Hall–Kier alpha value is -2.63. The lowest BCUT2D eigenvalue weighted by atomic mass is 10.1. The Balaban J connectivity index is 1.63. The normalized spacial score (nSPS) is 10.9. The van der Waals surface area contributed by atoms with Crippen LogP contribution in [-0.2, 0) is 6.54 Å². The van der Waals surface area contributed by atoms with Gasteiger partial charge in [-0.25, -0.2) is 0 Å². The van der Waals surface area contributed by atoms with Crippen LogP contribution in [0.15, 0.2) is 65.9 Å². The van der Waals surface area contributed by atoms with E-state index in [9.17, 15) is 0 Å². The van der Waals surface area contributed by atoms with E-state index in [0.29, 0.717) is 11.7 Å². The maximum absolute atomic E-state index is 6.26. The molecular formula is C21H21ClN4S. The molecule has 0 amide bonds. The predicted molar refractivity (Wildman–Crippen MR) is 118 cm³/mol. The first-order chi connectivity index (χ1) is 13.0. The molecule has 0 radical (unpaired) electrons. The van der Waals surface area contributed by atoms with Crippen molar-refractivity contribution in [3.8, 4) is 0 Å². The molecule has 0 spiro atoms. The Morgan fingerprint density at radius 1 is 1.07 bits per heavy atom. The van der Waals surface area contributed by atoms with Crippen molar-refractivity contribution in [3.05, 3.63) is 88.2 Å². The van der Waals surface area contributed by atoms with Gasteiger partial charge in [-0.1, -0.05) is 48.0 Å². The summed E-state index contributed by atoms with van der Waals surface area (Å²) in [5.41, 5.74) is 8.17. The molecule has 138 valence electrons. The molecule has 0 bridgehead atoms. The summed E-state index contributed by atoms with van der Waals surface area (Å²) in [5, 5.41) is 8.67. The summed E-state index contributed by atoms with van der Waals surface area (Å²) in [5.74, 6) is 0. The maximum atomic E-state index is 6.26. The summed E-state index contributed by atoms with van der Waals surface area (Å²) in [6.07, 6.45) is 3.74.